The molecule has 0 aromatic carbocycles. The van der Waals surface area contributed by atoms with Crippen LogP contribution in [0.15, 0.2) is 39.7 Å². The van der Waals surface area contributed by atoms with E-state index in [1.165, 1.54) is 6.21 Å². The summed E-state index contributed by atoms with van der Waals surface area (Å²) in [6.07, 6.45) is 6.98. The highest BCUT2D eigenvalue weighted by molar-refractivity contribution is 6.37. The highest BCUT2D eigenvalue weighted by Crippen LogP contribution is 2.33. The average molecular weight is 212 g/mol. The molecule has 16 heavy (non-hydrogen) atoms. The van der Waals surface area contributed by atoms with Crippen molar-refractivity contribution >= 4 is 18.2 Å². The van der Waals surface area contributed by atoms with Gasteiger partial charge in [-0.3, -0.25) is 14.8 Å². The number of allylic oxidation sites excluding steroid dienone is 1. The van der Waals surface area contributed by atoms with Crippen molar-refractivity contribution in [3.8, 4) is 0 Å². The number of ketones is 1. The standard InChI is InChI=1S/C11H8N4O/c16-8-6-15-10(9-7(8)2-5-12-9)11-13-3-1-4-14-11/h1,3-6,10H,2H2. The maximum atomic E-state index is 11.5. The average Bonchev–Trinajstić information content (AvgIpc) is 2.81. The smallest absolute Gasteiger partial charge is 0.201 e. The Balaban J connectivity index is 2.07. The van der Waals surface area contributed by atoms with Crippen LogP contribution in [0.25, 0.3) is 0 Å². The van der Waals surface area contributed by atoms with Gasteiger partial charge in [-0.25, -0.2) is 9.97 Å². The number of carbonyl (C=O) groups excluding carboxylic acids is 1. The predicted molar refractivity (Wildman–Crippen MR) is 58.4 cm³/mol. The summed E-state index contributed by atoms with van der Waals surface area (Å²) >= 11 is 0. The van der Waals surface area contributed by atoms with Gasteiger partial charge in [0, 0.05) is 30.6 Å². The molecule has 3 heterocycles. The molecule has 1 atom stereocenters. The molecule has 2 aliphatic heterocycles. The number of hydrogen-bond acceptors (Lipinski definition) is 5. The van der Waals surface area contributed by atoms with Crippen LogP contribution in [-0.2, 0) is 4.79 Å². The van der Waals surface area contributed by atoms with Gasteiger partial charge in [0.05, 0.1) is 11.9 Å². The van der Waals surface area contributed by atoms with Crippen molar-refractivity contribution in [2.24, 2.45) is 9.98 Å². The number of aliphatic imine (C=N–C) groups is 2. The van der Waals surface area contributed by atoms with Gasteiger partial charge < -0.3 is 0 Å². The van der Waals surface area contributed by atoms with Crippen molar-refractivity contribution in [2.75, 3.05) is 0 Å². The van der Waals surface area contributed by atoms with Crippen molar-refractivity contribution < 1.29 is 4.79 Å². The monoisotopic (exact) mass is 212 g/mol. The van der Waals surface area contributed by atoms with Gasteiger partial charge in [0.2, 0.25) is 5.78 Å². The van der Waals surface area contributed by atoms with Crippen LogP contribution in [0.5, 0.6) is 0 Å². The molecule has 1 aromatic rings. The Bertz CT molecular complexity index is 530. The fourth-order valence-corrected chi connectivity index (χ4v) is 1.81. The van der Waals surface area contributed by atoms with Gasteiger partial charge in [-0.1, -0.05) is 0 Å². The van der Waals surface area contributed by atoms with E-state index in [0.717, 1.165) is 0 Å². The molecule has 1 aromatic heterocycles. The van der Waals surface area contributed by atoms with Crippen LogP contribution < -0.4 is 0 Å². The minimum absolute atomic E-state index is 0.0559. The van der Waals surface area contributed by atoms with Gasteiger partial charge in [0.1, 0.15) is 0 Å². The molecule has 0 fully saturated rings. The van der Waals surface area contributed by atoms with E-state index in [9.17, 15) is 4.79 Å². The van der Waals surface area contributed by atoms with Crippen LogP contribution in [0.4, 0.5) is 0 Å². The van der Waals surface area contributed by atoms with Crippen LogP contribution >= 0.6 is 0 Å². The molecule has 5 heteroatoms. The summed E-state index contributed by atoms with van der Waals surface area (Å²) in [7, 11) is 0. The first kappa shape index (κ1) is 9.08. The molecule has 78 valence electrons. The lowest BCUT2D eigenvalue weighted by Crippen LogP contribution is -2.15. The molecule has 0 saturated carbocycles. The second-order valence-corrected chi connectivity index (χ2v) is 3.53. The lowest BCUT2D eigenvalue weighted by Gasteiger charge is -2.15. The lowest BCUT2D eigenvalue weighted by molar-refractivity contribution is -0.109. The molecule has 0 aliphatic carbocycles. The third-order valence-electron chi connectivity index (χ3n) is 2.56. The van der Waals surface area contributed by atoms with E-state index < -0.39 is 0 Å². The highest BCUT2D eigenvalue weighted by atomic mass is 16.1. The number of rotatable bonds is 1. The summed E-state index contributed by atoms with van der Waals surface area (Å²) in [5.41, 5.74) is 1.41. The SMILES string of the molecule is O=C1C=NC(c2ncccn2)C2=C1CC=N2. The predicted octanol–water partition coefficient (Wildman–Crippen LogP) is 0.900. The van der Waals surface area contributed by atoms with Crippen molar-refractivity contribution in [1.29, 1.82) is 0 Å². The summed E-state index contributed by atoms with van der Waals surface area (Å²) in [6, 6.07) is 1.42. The van der Waals surface area contributed by atoms with Crippen molar-refractivity contribution in [2.45, 2.75) is 12.5 Å². The van der Waals surface area contributed by atoms with Crippen molar-refractivity contribution in [3.63, 3.8) is 0 Å². The quantitative estimate of drug-likeness (QED) is 0.694. The zero-order chi connectivity index (χ0) is 11.0. The molecule has 0 radical (unpaired) electrons. The van der Waals surface area contributed by atoms with E-state index in [1.54, 1.807) is 24.7 Å². The van der Waals surface area contributed by atoms with Crippen LogP contribution in [0.2, 0.25) is 0 Å². The van der Waals surface area contributed by atoms with Crippen LogP contribution in [0, 0.1) is 0 Å². The Morgan fingerprint density at radius 2 is 2.06 bits per heavy atom. The molecular weight excluding hydrogens is 204 g/mol. The number of nitrogens with zero attached hydrogens (tertiary/aromatic N) is 4. The molecule has 0 N–H and O–H groups in total. The fourth-order valence-electron chi connectivity index (χ4n) is 1.81. The molecule has 0 saturated heterocycles. The molecule has 3 rings (SSSR count). The normalized spacial score (nSPS) is 22.8. The van der Waals surface area contributed by atoms with Crippen LogP contribution in [0.1, 0.15) is 18.3 Å². The Morgan fingerprint density at radius 1 is 1.25 bits per heavy atom. The minimum atomic E-state index is -0.326. The number of Topliss-reactive ketones (excluding diaryl/α,β-unsaturated/α-hetero) is 1. The second-order valence-electron chi connectivity index (χ2n) is 3.53. The Labute approximate surface area is 91.7 Å². The summed E-state index contributed by atoms with van der Waals surface area (Å²) in [5, 5.41) is 0. The van der Waals surface area contributed by atoms with E-state index in [4.69, 9.17) is 0 Å². The summed E-state index contributed by atoms with van der Waals surface area (Å²) in [5.74, 6) is 0.525. The third-order valence-corrected chi connectivity index (χ3v) is 2.56. The van der Waals surface area contributed by atoms with Gasteiger partial charge in [-0.2, -0.15) is 0 Å². The Morgan fingerprint density at radius 3 is 2.88 bits per heavy atom. The Hall–Kier alpha value is -2.17. The van der Waals surface area contributed by atoms with E-state index in [-0.39, 0.29) is 11.8 Å². The maximum Gasteiger partial charge on any atom is 0.201 e. The highest BCUT2D eigenvalue weighted by Gasteiger charge is 2.29. The van der Waals surface area contributed by atoms with Crippen LogP contribution in [0.3, 0.4) is 0 Å². The van der Waals surface area contributed by atoms with Gasteiger partial charge in [-0.15, -0.1) is 0 Å². The van der Waals surface area contributed by atoms with Gasteiger partial charge in [0.15, 0.2) is 11.9 Å². The number of carbonyl (C=O) groups is 1. The first-order valence-electron chi connectivity index (χ1n) is 4.96. The zero-order valence-electron chi connectivity index (χ0n) is 8.37. The summed E-state index contributed by atoms with van der Waals surface area (Å²) in [6.45, 7) is 0. The third kappa shape index (κ3) is 1.29. The topological polar surface area (TPSA) is 67.6 Å². The number of aromatic nitrogens is 2. The minimum Gasteiger partial charge on any atom is -0.288 e. The summed E-state index contributed by atoms with van der Waals surface area (Å²) < 4.78 is 0. The van der Waals surface area contributed by atoms with E-state index in [2.05, 4.69) is 20.0 Å². The van der Waals surface area contributed by atoms with Crippen LogP contribution in [-0.4, -0.2) is 28.2 Å². The van der Waals surface area contributed by atoms with E-state index >= 15 is 0 Å². The summed E-state index contributed by atoms with van der Waals surface area (Å²) in [4.78, 5) is 28.2. The number of hydrogen-bond donors (Lipinski definition) is 0. The zero-order valence-corrected chi connectivity index (χ0v) is 8.37. The molecular formula is C11H8N4O. The molecule has 1 unspecified atom stereocenters. The van der Waals surface area contributed by atoms with E-state index in [1.807, 2.05) is 0 Å². The first-order chi connectivity index (χ1) is 7.86. The molecule has 5 nitrogen and oxygen atoms in total. The first-order valence-corrected chi connectivity index (χ1v) is 4.96. The van der Waals surface area contributed by atoms with Gasteiger partial charge in [-0.05, 0) is 6.07 Å². The molecule has 0 bridgehead atoms. The number of dihydropyridines is 1. The van der Waals surface area contributed by atoms with Crippen molar-refractivity contribution in [3.05, 3.63) is 35.6 Å². The van der Waals surface area contributed by atoms with E-state index in [0.29, 0.717) is 23.5 Å². The fraction of sp³-hybridized carbons (Fsp3) is 0.182. The van der Waals surface area contributed by atoms with Crippen molar-refractivity contribution in [1.82, 2.24) is 9.97 Å². The second kappa shape index (κ2) is 3.44. The largest absolute Gasteiger partial charge is 0.288 e. The van der Waals surface area contributed by atoms with Gasteiger partial charge in [0.25, 0.3) is 0 Å². The maximum absolute atomic E-state index is 11.5. The molecule has 0 spiro atoms. The lowest BCUT2D eigenvalue weighted by atomic mass is 10.0. The Kier molecular flexibility index (Phi) is 1.96. The molecule has 2 aliphatic rings. The molecule has 0 amide bonds. The van der Waals surface area contributed by atoms with Gasteiger partial charge >= 0.3 is 0 Å².